The SMILES string of the molecule is CC[C@H]1O[C@@H]([C@H](O)/C=C/[C@H](O)CCCCCCCC(=O)O)C[C@@H]1O. The van der Waals surface area contributed by atoms with Crippen LogP contribution in [0.25, 0.3) is 0 Å². The molecule has 0 radical (unpaired) electrons. The normalized spacial score (nSPS) is 26.8. The summed E-state index contributed by atoms with van der Waals surface area (Å²) < 4.78 is 5.60. The zero-order chi connectivity index (χ0) is 17.9. The first-order valence-electron chi connectivity index (χ1n) is 9.03. The van der Waals surface area contributed by atoms with Gasteiger partial charge in [0.05, 0.1) is 30.5 Å². The number of aliphatic hydroxyl groups is 3. The molecule has 6 heteroatoms. The van der Waals surface area contributed by atoms with Crippen LogP contribution in [0.2, 0.25) is 0 Å². The van der Waals surface area contributed by atoms with Gasteiger partial charge in [-0.2, -0.15) is 0 Å². The van der Waals surface area contributed by atoms with E-state index in [2.05, 4.69) is 0 Å². The van der Waals surface area contributed by atoms with E-state index < -0.39 is 30.4 Å². The van der Waals surface area contributed by atoms with Gasteiger partial charge in [-0.05, 0) is 19.3 Å². The number of aliphatic hydroxyl groups excluding tert-OH is 3. The Kier molecular flexibility index (Phi) is 10.2. The molecule has 0 aromatic carbocycles. The van der Waals surface area contributed by atoms with Gasteiger partial charge >= 0.3 is 5.97 Å². The molecule has 140 valence electrons. The smallest absolute Gasteiger partial charge is 0.303 e. The van der Waals surface area contributed by atoms with E-state index in [0.717, 1.165) is 25.7 Å². The van der Waals surface area contributed by atoms with Gasteiger partial charge < -0.3 is 25.2 Å². The van der Waals surface area contributed by atoms with Crippen molar-refractivity contribution in [1.82, 2.24) is 0 Å². The first-order valence-corrected chi connectivity index (χ1v) is 9.03. The van der Waals surface area contributed by atoms with E-state index >= 15 is 0 Å². The van der Waals surface area contributed by atoms with Crippen LogP contribution in [-0.4, -0.2) is 56.9 Å². The standard InChI is InChI=1S/C18H32O6/c1-2-16-15(21)12-17(24-16)14(20)11-10-13(19)8-6-4-3-5-7-9-18(22)23/h10-11,13-17,19-21H,2-9,12H2,1H3,(H,22,23)/b11-10+/t13-,14-,15+,16-,17-/m1/s1. The van der Waals surface area contributed by atoms with Gasteiger partial charge in [-0.15, -0.1) is 0 Å². The van der Waals surface area contributed by atoms with Gasteiger partial charge in [0, 0.05) is 12.8 Å². The summed E-state index contributed by atoms with van der Waals surface area (Å²) >= 11 is 0. The first-order chi connectivity index (χ1) is 11.4. The molecule has 1 heterocycles. The maximum absolute atomic E-state index is 10.4. The molecule has 0 aliphatic carbocycles. The van der Waals surface area contributed by atoms with Gasteiger partial charge in [0.2, 0.25) is 0 Å². The predicted molar refractivity (Wildman–Crippen MR) is 90.7 cm³/mol. The molecular formula is C18H32O6. The Hall–Kier alpha value is -0.950. The molecular weight excluding hydrogens is 312 g/mol. The van der Waals surface area contributed by atoms with Crippen LogP contribution in [0.5, 0.6) is 0 Å². The highest BCUT2D eigenvalue weighted by Gasteiger charge is 2.35. The molecule has 4 N–H and O–H groups in total. The summed E-state index contributed by atoms with van der Waals surface area (Å²) in [6, 6.07) is 0. The van der Waals surface area contributed by atoms with Gasteiger partial charge in [-0.25, -0.2) is 0 Å². The Labute approximate surface area is 144 Å². The van der Waals surface area contributed by atoms with Gasteiger partial charge in [0.1, 0.15) is 0 Å². The van der Waals surface area contributed by atoms with E-state index in [4.69, 9.17) is 9.84 Å². The Morgan fingerprint density at radius 1 is 1.17 bits per heavy atom. The second kappa shape index (κ2) is 11.6. The Morgan fingerprint density at radius 3 is 2.46 bits per heavy atom. The summed E-state index contributed by atoms with van der Waals surface area (Å²) in [5, 5.41) is 38.3. The molecule has 0 spiro atoms. The quantitative estimate of drug-likeness (QED) is 0.319. The second-order valence-electron chi connectivity index (χ2n) is 6.57. The minimum atomic E-state index is -0.818. The fourth-order valence-electron chi connectivity index (χ4n) is 2.97. The van der Waals surface area contributed by atoms with E-state index in [-0.39, 0.29) is 12.5 Å². The highest BCUT2D eigenvalue weighted by atomic mass is 16.5. The lowest BCUT2D eigenvalue weighted by atomic mass is 10.0. The van der Waals surface area contributed by atoms with Crippen molar-refractivity contribution >= 4 is 5.97 Å². The topological polar surface area (TPSA) is 107 Å². The number of carboxylic acids is 1. The fraction of sp³-hybridized carbons (Fsp3) is 0.833. The van der Waals surface area contributed by atoms with E-state index in [1.54, 1.807) is 12.2 Å². The second-order valence-corrected chi connectivity index (χ2v) is 6.57. The molecule has 1 saturated heterocycles. The number of unbranched alkanes of at least 4 members (excludes halogenated alkanes) is 4. The molecule has 6 nitrogen and oxygen atoms in total. The van der Waals surface area contributed by atoms with Gasteiger partial charge in [0.25, 0.3) is 0 Å². The van der Waals surface area contributed by atoms with Crippen molar-refractivity contribution < 1.29 is 30.0 Å². The first kappa shape index (κ1) is 21.1. The number of carbonyl (C=O) groups is 1. The molecule has 1 fully saturated rings. The van der Waals surface area contributed by atoms with Crippen LogP contribution in [0, 0.1) is 0 Å². The summed E-state index contributed by atoms with van der Waals surface area (Å²) in [6.45, 7) is 1.93. The molecule has 0 unspecified atom stereocenters. The van der Waals surface area contributed by atoms with Crippen LogP contribution in [0.3, 0.4) is 0 Å². The molecule has 0 amide bonds. The zero-order valence-electron chi connectivity index (χ0n) is 14.5. The number of aliphatic carboxylic acids is 1. The molecule has 1 rings (SSSR count). The zero-order valence-corrected chi connectivity index (χ0v) is 14.5. The van der Waals surface area contributed by atoms with Crippen LogP contribution < -0.4 is 0 Å². The average Bonchev–Trinajstić information content (AvgIpc) is 2.92. The number of carboxylic acid groups (broad SMARTS) is 1. The van der Waals surface area contributed by atoms with Crippen molar-refractivity contribution in [2.75, 3.05) is 0 Å². The maximum atomic E-state index is 10.4. The van der Waals surface area contributed by atoms with Gasteiger partial charge in [-0.3, -0.25) is 4.79 Å². The van der Waals surface area contributed by atoms with Gasteiger partial charge in [-0.1, -0.05) is 44.8 Å². The molecule has 0 aromatic rings. The largest absolute Gasteiger partial charge is 0.481 e. The molecule has 5 atom stereocenters. The Morgan fingerprint density at radius 2 is 1.83 bits per heavy atom. The lowest BCUT2D eigenvalue weighted by Crippen LogP contribution is -2.24. The number of hydrogen-bond donors (Lipinski definition) is 4. The summed E-state index contributed by atoms with van der Waals surface area (Å²) in [4.78, 5) is 10.4. The van der Waals surface area contributed by atoms with Crippen LogP contribution in [0.15, 0.2) is 12.2 Å². The molecule has 24 heavy (non-hydrogen) atoms. The molecule has 0 saturated carbocycles. The average molecular weight is 344 g/mol. The summed E-state index contributed by atoms with van der Waals surface area (Å²) in [5.41, 5.74) is 0. The highest BCUT2D eigenvalue weighted by molar-refractivity contribution is 5.66. The summed E-state index contributed by atoms with van der Waals surface area (Å²) in [7, 11) is 0. The number of ether oxygens (including phenoxy) is 1. The Balaban J connectivity index is 2.12. The highest BCUT2D eigenvalue weighted by Crippen LogP contribution is 2.25. The molecule has 0 bridgehead atoms. The third-order valence-electron chi connectivity index (χ3n) is 4.46. The number of hydrogen-bond acceptors (Lipinski definition) is 5. The molecule has 0 aromatic heterocycles. The number of rotatable bonds is 12. The van der Waals surface area contributed by atoms with Crippen molar-refractivity contribution in [3.63, 3.8) is 0 Å². The van der Waals surface area contributed by atoms with Crippen molar-refractivity contribution in [3.05, 3.63) is 12.2 Å². The lowest BCUT2D eigenvalue weighted by Gasteiger charge is -2.16. The van der Waals surface area contributed by atoms with Crippen molar-refractivity contribution in [2.24, 2.45) is 0 Å². The van der Waals surface area contributed by atoms with Gasteiger partial charge in [0.15, 0.2) is 0 Å². The maximum Gasteiger partial charge on any atom is 0.303 e. The van der Waals surface area contributed by atoms with Crippen molar-refractivity contribution in [2.45, 2.75) is 95.2 Å². The molecule has 1 aliphatic rings. The van der Waals surface area contributed by atoms with E-state index in [0.29, 0.717) is 25.7 Å². The van der Waals surface area contributed by atoms with Crippen LogP contribution in [-0.2, 0) is 9.53 Å². The van der Waals surface area contributed by atoms with E-state index in [1.165, 1.54) is 0 Å². The van der Waals surface area contributed by atoms with Crippen LogP contribution in [0.4, 0.5) is 0 Å². The lowest BCUT2D eigenvalue weighted by molar-refractivity contribution is -0.137. The summed E-state index contributed by atoms with van der Waals surface area (Å²) in [6.07, 6.45) is 6.92. The van der Waals surface area contributed by atoms with Crippen molar-refractivity contribution in [1.29, 1.82) is 0 Å². The minimum Gasteiger partial charge on any atom is -0.481 e. The third-order valence-corrected chi connectivity index (χ3v) is 4.46. The van der Waals surface area contributed by atoms with E-state index in [1.807, 2.05) is 6.92 Å². The third kappa shape index (κ3) is 8.24. The monoisotopic (exact) mass is 344 g/mol. The van der Waals surface area contributed by atoms with E-state index in [9.17, 15) is 20.1 Å². The fourth-order valence-corrected chi connectivity index (χ4v) is 2.97. The summed E-state index contributed by atoms with van der Waals surface area (Å²) in [5.74, 6) is -0.752. The predicted octanol–water partition coefficient (Wildman–Crippen LogP) is 2.01. The van der Waals surface area contributed by atoms with Crippen LogP contribution in [0.1, 0.15) is 64.7 Å². The Bertz CT molecular complexity index is 384. The minimum absolute atomic E-state index is 0.218. The van der Waals surface area contributed by atoms with Crippen molar-refractivity contribution in [3.8, 4) is 0 Å². The molecule has 1 aliphatic heterocycles. The van der Waals surface area contributed by atoms with Crippen LogP contribution >= 0.6 is 0 Å².